The molecular weight excluding hydrogens is 306 g/mol. The van der Waals surface area contributed by atoms with Crippen LogP contribution in [0.3, 0.4) is 0 Å². The molecule has 0 spiro atoms. The lowest BCUT2D eigenvalue weighted by molar-refractivity contribution is -0.120. The van der Waals surface area contributed by atoms with Gasteiger partial charge in [-0.1, -0.05) is 17.8 Å². The molecule has 1 aromatic heterocycles. The summed E-state index contributed by atoms with van der Waals surface area (Å²) in [6.45, 7) is 2.48. The molecule has 0 aliphatic carbocycles. The second-order valence-electron chi connectivity index (χ2n) is 4.75. The Morgan fingerprint density at radius 2 is 2.27 bits per heavy atom. The van der Waals surface area contributed by atoms with E-state index in [1.54, 1.807) is 7.05 Å². The van der Waals surface area contributed by atoms with E-state index in [2.05, 4.69) is 20.8 Å². The highest BCUT2D eigenvalue weighted by Crippen LogP contribution is 2.32. The summed E-state index contributed by atoms with van der Waals surface area (Å²) in [5.74, 6) is 1.36. The van der Waals surface area contributed by atoms with E-state index >= 15 is 0 Å². The van der Waals surface area contributed by atoms with Crippen molar-refractivity contribution in [3.05, 3.63) is 23.8 Å². The van der Waals surface area contributed by atoms with Crippen LogP contribution in [0.2, 0.25) is 0 Å². The van der Waals surface area contributed by atoms with Crippen molar-refractivity contribution in [1.82, 2.24) is 25.5 Å². The van der Waals surface area contributed by atoms with Crippen LogP contribution in [-0.4, -0.2) is 38.2 Å². The van der Waals surface area contributed by atoms with Crippen LogP contribution in [0.1, 0.15) is 12.5 Å². The molecule has 1 aliphatic heterocycles. The van der Waals surface area contributed by atoms with Gasteiger partial charge in [0.1, 0.15) is 0 Å². The lowest BCUT2D eigenvalue weighted by atomic mass is 10.2. The molecule has 1 N–H and O–H groups in total. The van der Waals surface area contributed by atoms with Crippen LogP contribution < -0.4 is 14.8 Å². The fraction of sp³-hybridized carbons (Fsp3) is 0.385. The van der Waals surface area contributed by atoms with Gasteiger partial charge in [0.25, 0.3) is 0 Å². The number of hydrogen-bond acceptors (Lipinski definition) is 7. The molecule has 0 unspecified atom stereocenters. The van der Waals surface area contributed by atoms with Crippen LogP contribution >= 0.6 is 11.8 Å². The number of fused-ring (bicyclic) bond motifs is 1. The molecule has 1 atom stereocenters. The van der Waals surface area contributed by atoms with Gasteiger partial charge in [-0.05, 0) is 35.0 Å². The van der Waals surface area contributed by atoms with Gasteiger partial charge >= 0.3 is 0 Å². The molecule has 0 saturated heterocycles. The molecule has 1 amide bonds. The second-order valence-corrected chi connectivity index (χ2v) is 6.06. The number of carbonyl (C=O) groups excluding carboxylic acids is 1. The molecule has 2 heterocycles. The summed E-state index contributed by atoms with van der Waals surface area (Å²) >= 11 is 1.31. The first kappa shape index (κ1) is 14.6. The number of carbonyl (C=O) groups is 1. The number of tetrazole rings is 1. The van der Waals surface area contributed by atoms with Crippen LogP contribution in [-0.2, 0) is 18.4 Å². The van der Waals surface area contributed by atoms with E-state index < -0.39 is 0 Å². The van der Waals surface area contributed by atoms with Gasteiger partial charge in [0.05, 0.1) is 5.25 Å². The standard InChI is InChI=1S/C13H15N5O3S/c1-8(22-13-15-16-17-18(13)2)12(19)14-6-9-3-4-10-11(5-9)21-7-20-10/h3-5,8H,6-7H2,1-2H3,(H,14,19)/t8-/m1/s1. The zero-order valence-electron chi connectivity index (χ0n) is 12.1. The van der Waals surface area contributed by atoms with Crippen LogP contribution in [0.5, 0.6) is 11.5 Å². The molecule has 116 valence electrons. The monoisotopic (exact) mass is 321 g/mol. The third kappa shape index (κ3) is 3.14. The normalized spacial score (nSPS) is 13.9. The minimum absolute atomic E-state index is 0.0781. The smallest absolute Gasteiger partial charge is 0.233 e. The van der Waals surface area contributed by atoms with E-state index in [-0.39, 0.29) is 18.0 Å². The minimum atomic E-state index is -0.293. The first-order valence-electron chi connectivity index (χ1n) is 6.69. The van der Waals surface area contributed by atoms with Crippen molar-refractivity contribution in [2.24, 2.45) is 7.05 Å². The largest absolute Gasteiger partial charge is 0.454 e. The fourth-order valence-electron chi connectivity index (χ4n) is 1.92. The predicted octanol–water partition coefficient (Wildman–Crippen LogP) is 0.736. The summed E-state index contributed by atoms with van der Waals surface area (Å²) in [5, 5.41) is 14.3. The number of benzene rings is 1. The van der Waals surface area contributed by atoms with Crippen molar-refractivity contribution in [1.29, 1.82) is 0 Å². The van der Waals surface area contributed by atoms with E-state index in [1.165, 1.54) is 16.4 Å². The number of amides is 1. The Hall–Kier alpha value is -2.29. The van der Waals surface area contributed by atoms with E-state index in [0.717, 1.165) is 11.3 Å². The molecule has 1 aromatic carbocycles. The first-order valence-corrected chi connectivity index (χ1v) is 7.56. The number of nitrogens with zero attached hydrogens (tertiary/aromatic N) is 4. The maximum absolute atomic E-state index is 12.1. The molecule has 1 aliphatic rings. The Balaban J connectivity index is 1.54. The van der Waals surface area contributed by atoms with Crippen molar-refractivity contribution in [2.75, 3.05) is 6.79 Å². The molecule has 2 aromatic rings. The third-order valence-corrected chi connectivity index (χ3v) is 4.26. The van der Waals surface area contributed by atoms with Gasteiger partial charge in [0.2, 0.25) is 17.9 Å². The topological polar surface area (TPSA) is 91.2 Å². The number of hydrogen-bond donors (Lipinski definition) is 1. The predicted molar refractivity (Wildman–Crippen MR) is 78.5 cm³/mol. The Labute approximate surface area is 131 Å². The fourth-order valence-corrected chi connectivity index (χ4v) is 2.70. The molecule has 3 rings (SSSR count). The minimum Gasteiger partial charge on any atom is -0.454 e. The van der Waals surface area contributed by atoms with Crippen molar-refractivity contribution >= 4 is 17.7 Å². The van der Waals surface area contributed by atoms with Crippen LogP contribution in [0, 0.1) is 0 Å². The van der Waals surface area contributed by atoms with Gasteiger partial charge < -0.3 is 14.8 Å². The number of ether oxygens (including phenoxy) is 2. The van der Waals surface area contributed by atoms with Crippen molar-refractivity contribution < 1.29 is 14.3 Å². The summed E-state index contributed by atoms with van der Waals surface area (Å²) < 4.78 is 12.1. The van der Waals surface area contributed by atoms with Crippen LogP contribution in [0.15, 0.2) is 23.4 Å². The molecule has 0 radical (unpaired) electrons. The van der Waals surface area contributed by atoms with Gasteiger partial charge in [-0.25, -0.2) is 4.68 Å². The molecule has 0 fully saturated rings. The van der Waals surface area contributed by atoms with Crippen molar-refractivity contribution in [2.45, 2.75) is 23.9 Å². The van der Waals surface area contributed by atoms with E-state index in [4.69, 9.17) is 9.47 Å². The summed E-state index contributed by atoms with van der Waals surface area (Å²) in [5.41, 5.74) is 0.954. The summed E-state index contributed by atoms with van der Waals surface area (Å²) in [4.78, 5) is 12.1. The van der Waals surface area contributed by atoms with Crippen LogP contribution in [0.4, 0.5) is 0 Å². The number of rotatable bonds is 5. The van der Waals surface area contributed by atoms with Gasteiger partial charge in [0.15, 0.2) is 11.5 Å². The highest BCUT2D eigenvalue weighted by Gasteiger charge is 2.18. The molecular formula is C13H15N5O3S. The summed E-state index contributed by atoms with van der Waals surface area (Å²) in [6, 6.07) is 5.61. The lowest BCUT2D eigenvalue weighted by Gasteiger charge is -2.11. The highest BCUT2D eigenvalue weighted by atomic mass is 32.2. The molecule has 22 heavy (non-hydrogen) atoms. The van der Waals surface area contributed by atoms with E-state index in [1.807, 2.05) is 25.1 Å². The average Bonchev–Trinajstić information content (AvgIpc) is 3.13. The molecule has 0 bridgehead atoms. The Bertz CT molecular complexity index is 690. The highest BCUT2D eigenvalue weighted by molar-refractivity contribution is 8.00. The Kier molecular flexibility index (Phi) is 4.14. The van der Waals surface area contributed by atoms with Gasteiger partial charge in [0, 0.05) is 13.6 Å². The molecule has 9 heteroatoms. The SMILES string of the molecule is C[C@@H](Sc1nnnn1C)C(=O)NCc1ccc2c(c1)OCO2. The van der Waals surface area contributed by atoms with Crippen LogP contribution in [0.25, 0.3) is 0 Å². The maximum Gasteiger partial charge on any atom is 0.233 e. The number of nitrogens with one attached hydrogen (secondary N) is 1. The number of thioether (sulfide) groups is 1. The van der Waals surface area contributed by atoms with E-state index in [9.17, 15) is 4.79 Å². The quantitative estimate of drug-likeness (QED) is 0.812. The van der Waals surface area contributed by atoms with Gasteiger partial charge in [-0.15, -0.1) is 5.10 Å². The maximum atomic E-state index is 12.1. The van der Waals surface area contributed by atoms with Crippen molar-refractivity contribution in [3.63, 3.8) is 0 Å². The Morgan fingerprint density at radius 3 is 3.05 bits per heavy atom. The lowest BCUT2D eigenvalue weighted by Crippen LogP contribution is -2.30. The van der Waals surface area contributed by atoms with Gasteiger partial charge in [-0.3, -0.25) is 4.79 Å². The third-order valence-electron chi connectivity index (χ3n) is 3.14. The zero-order valence-corrected chi connectivity index (χ0v) is 13.0. The first-order chi connectivity index (χ1) is 10.6. The molecule has 0 saturated carbocycles. The zero-order chi connectivity index (χ0) is 15.5. The second kappa shape index (κ2) is 6.22. The average molecular weight is 321 g/mol. The van der Waals surface area contributed by atoms with Gasteiger partial charge in [-0.2, -0.15) is 0 Å². The van der Waals surface area contributed by atoms with Crippen molar-refractivity contribution in [3.8, 4) is 11.5 Å². The number of aromatic nitrogens is 4. The van der Waals surface area contributed by atoms with E-state index in [0.29, 0.717) is 17.5 Å². The summed E-state index contributed by atoms with van der Waals surface area (Å²) in [6.07, 6.45) is 0. The summed E-state index contributed by atoms with van der Waals surface area (Å²) in [7, 11) is 1.74. The molecule has 8 nitrogen and oxygen atoms in total. The number of aryl methyl sites for hydroxylation is 1. The Morgan fingerprint density at radius 1 is 1.45 bits per heavy atom.